The van der Waals surface area contributed by atoms with Gasteiger partial charge in [-0.05, 0) is 37.1 Å². The van der Waals surface area contributed by atoms with Crippen LogP contribution < -0.4 is 5.73 Å². The fourth-order valence-corrected chi connectivity index (χ4v) is 0.765. The summed E-state index contributed by atoms with van der Waals surface area (Å²) in [5.41, 5.74) is 8.93. The Balaban J connectivity index is 0.000000310. The summed E-state index contributed by atoms with van der Waals surface area (Å²) >= 11 is 0. The van der Waals surface area contributed by atoms with E-state index in [0.717, 1.165) is 18.1 Å². The molecule has 0 bridgehead atoms. The second-order valence-corrected chi connectivity index (χ2v) is 2.68. The Morgan fingerprint density at radius 1 is 1.08 bits per heavy atom. The van der Waals surface area contributed by atoms with Crippen molar-refractivity contribution >= 4 is 18.1 Å². The maximum atomic E-state index is 6.08. The van der Waals surface area contributed by atoms with E-state index in [1.54, 1.807) is 0 Å². The average molecular weight is 177 g/mol. The first-order valence-electron chi connectivity index (χ1n) is 3.94. The van der Waals surface area contributed by atoms with Crippen LogP contribution in [-0.4, -0.2) is 12.4 Å². The number of nitrogen functional groups attached to an aromatic ring is 1. The molecule has 0 aromatic heterocycles. The Bertz CT molecular complexity index is 286. The number of hydrogen-bond donors (Lipinski definition) is 3. The predicted molar refractivity (Wildman–Crippen MR) is 57.9 cm³/mol. The van der Waals surface area contributed by atoms with Gasteiger partial charge in [0.05, 0.1) is 0 Å². The standard InChI is InChI=1S/C8H11N.C2H4N2/c1-6-3-4-8(9)5-7(6)2;3-1-2-4/h3-5H,9H2,1-2H3;1-4H. The second-order valence-electron chi connectivity index (χ2n) is 2.68. The summed E-state index contributed by atoms with van der Waals surface area (Å²) in [6, 6.07) is 5.93. The minimum Gasteiger partial charge on any atom is -0.399 e. The van der Waals surface area contributed by atoms with Gasteiger partial charge in [-0.1, -0.05) is 6.07 Å². The van der Waals surface area contributed by atoms with Gasteiger partial charge in [0.15, 0.2) is 0 Å². The molecule has 3 nitrogen and oxygen atoms in total. The molecule has 0 spiro atoms. The zero-order valence-electron chi connectivity index (χ0n) is 7.96. The third-order valence-corrected chi connectivity index (χ3v) is 1.61. The Hall–Kier alpha value is -1.64. The van der Waals surface area contributed by atoms with E-state index in [9.17, 15) is 0 Å². The third kappa shape index (κ3) is 4.74. The first-order valence-corrected chi connectivity index (χ1v) is 3.94. The number of nitrogens with two attached hydrogens (primary N) is 1. The molecule has 4 N–H and O–H groups in total. The number of rotatable bonds is 1. The fourth-order valence-electron chi connectivity index (χ4n) is 0.765. The van der Waals surface area contributed by atoms with Gasteiger partial charge < -0.3 is 16.6 Å². The van der Waals surface area contributed by atoms with E-state index in [2.05, 4.69) is 13.8 Å². The van der Waals surface area contributed by atoms with Crippen LogP contribution in [0.5, 0.6) is 0 Å². The predicted octanol–water partition coefficient (Wildman–Crippen LogP) is 2.17. The van der Waals surface area contributed by atoms with Gasteiger partial charge in [-0.2, -0.15) is 0 Å². The SMILES string of the molecule is Cc1ccc(N)cc1C.N=CC=N. The highest BCUT2D eigenvalue weighted by Gasteiger charge is 1.89. The van der Waals surface area contributed by atoms with Crippen molar-refractivity contribution in [3.05, 3.63) is 29.3 Å². The number of hydrogen-bond acceptors (Lipinski definition) is 3. The van der Waals surface area contributed by atoms with Crippen LogP contribution in [0.25, 0.3) is 0 Å². The van der Waals surface area contributed by atoms with Gasteiger partial charge >= 0.3 is 0 Å². The zero-order valence-corrected chi connectivity index (χ0v) is 7.96. The van der Waals surface area contributed by atoms with Crippen LogP contribution in [0.1, 0.15) is 11.1 Å². The Morgan fingerprint density at radius 3 is 1.92 bits per heavy atom. The first kappa shape index (κ1) is 11.4. The summed E-state index contributed by atoms with van der Waals surface area (Å²) in [5, 5.41) is 12.2. The molecule has 70 valence electrons. The molecule has 0 unspecified atom stereocenters. The minimum absolute atomic E-state index is 0.845. The van der Waals surface area contributed by atoms with Crippen LogP contribution in [-0.2, 0) is 0 Å². The maximum Gasteiger partial charge on any atom is 0.0353 e. The molecular weight excluding hydrogens is 162 g/mol. The molecule has 0 saturated heterocycles. The van der Waals surface area contributed by atoms with Gasteiger partial charge in [0.2, 0.25) is 0 Å². The molecule has 0 aliphatic rings. The lowest BCUT2D eigenvalue weighted by atomic mass is 10.1. The average Bonchev–Trinajstić information content (AvgIpc) is 2.12. The van der Waals surface area contributed by atoms with Gasteiger partial charge in [-0.25, -0.2) is 0 Å². The molecule has 3 heteroatoms. The topological polar surface area (TPSA) is 73.7 Å². The van der Waals surface area contributed by atoms with E-state index in [4.69, 9.17) is 16.6 Å². The Kier molecular flexibility index (Phi) is 5.19. The molecule has 0 radical (unpaired) electrons. The van der Waals surface area contributed by atoms with Crippen molar-refractivity contribution in [2.24, 2.45) is 0 Å². The van der Waals surface area contributed by atoms with E-state index in [-0.39, 0.29) is 0 Å². The number of nitrogens with one attached hydrogen (secondary N) is 2. The molecular formula is C10H15N3. The normalized spacial score (nSPS) is 8.15. The summed E-state index contributed by atoms with van der Waals surface area (Å²) in [6.45, 7) is 4.14. The lowest BCUT2D eigenvalue weighted by molar-refractivity contribution is 1.34. The smallest absolute Gasteiger partial charge is 0.0353 e. The van der Waals surface area contributed by atoms with Crippen molar-refractivity contribution in [3.63, 3.8) is 0 Å². The largest absolute Gasteiger partial charge is 0.399 e. The molecule has 0 amide bonds. The van der Waals surface area contributed by atoms with Crippen LogP contribution >= 0.6 is 0 Å². The van der Waals surface area contributed by atoms with E-state index < -0.39 is 0 Å². The van der Waals surface area contributed by atoms with Crippen LogP contribution in [0.3, 0.4) is 0 Å². The van der Waals surface area contributed by atoms with Crippen molar-refractivity contribution in [3.8, 4) is 0 Å². The lowest BCUT2D eigenvalue weighted by Crippen LogP contribution is -1.86. The summed E-state index contributed by atoms with van der Waals surface area (Å²) in [7, 11) is 0. The van der Waals surface area contributed by atoms with Crippen molar-refractivity contribution in [1.29, 1.82) is 10.8 Å². The summed E-state index contributed by atoms with van der Waals surface area (Å²) in [6.07, 6.45) is 1.83. The summed E-state index contributed by atoms with van der Waals surface area (Å²) in [5.74, 6) is 0. The summed E-state index contributed by atoms with van der Waals surface area (Å²) in [4.78, 5) is 0. The van der Waals surface area contributed by atoms with E-state index >= 15 is 0 Å². The molecule has 13 heavy (non-hydrogen) atoms. The molecule has 0 fully saturated rings. The first-order chi connectivity index (χ1) is 6.11. The van der Waals surface area contributed by atoms with Crippen molar-refractivity contribution in [2.45, 2.75) is 13.8 Å². The van der Waals surface area contributed by atoms with Gasteiger partial charge in [-0.3, -0.25) is 0 Å². The number of benzene rings is 1. The van der Waals surface area contributed by atoms with E-state index in [1.165, 1.54) is 11.1 Å². The van der Waals surface area contributed by atoms with Crippen LogP contribution in [0.4, 0.5) is 5.69 Å². The molecule has 1 aromatic rings. The van der Waals surface area contributed by atoms with Gasteiger partial charge in [0.25, 0.3) is 0 Å². The maximum absolute atomic E-state index is 6.08. The van der Waals surface area contributed by atoms with Gasteiger partial charge in [0, 0.05) is 18.1 Å². The second kappa shape index (κ2) is 5.94. The zero-order chi connectivity index (χ0) is 10.3. The Morgan fingerprint density at radius 2 is 1.62 bits per heavy atom. The molecule has 0 heterocycles. The third-order valence-electron chi connectivity index (χ3n) is 1.61. The van der Waals surface area contributed by atoms with E-state index in [1.807, 2.05) is 18.2 Å². The van der Waals surface area contributed by atoms with Crippen molar-refractivity contribution < 1.29 is 0 Å². The molecule has 0 aliphatic carbocycles. The Labute approximate surface area is 78.6 Å². The van der Waals surface area contributed by atoms with Crippen LogP contribution in [0.15, 0.2) is 18.2 Å². The van der Waals surface area contributed by atoms with Crippen LogP contribution in [0, 0.1) is 24.7 Å². The molecule has 0 saturated carbocycles. The highest BCUT2D eigenvalue weighted by atomic mass is 14.5. The number of aryl methyl sites for hydroxylation is 2. The quantitative estimate of drug-likeness (QED) is 0.446. The molecule has 1 rings (SSSR count). The fraction of sp³-hybridized carbons (Fsp3) is 0.200. The highest BCUT2D eigenvalue weighted by molar-refractivity contribution is 6.12. The summed E-state index contributed by atoms with van der Waals surface area (Å²) < 4.78 is 0. The lowest BCUT2D eigenvalue weighted by Gasteiger charge is -1.98. The number of anilines is 1. The molecule has 0 aliphatic heterocycles. The highest BCUT2D eigenvalue weighted by Crippen LogP contribution is 2.09. The monoisotopic (exact) mass is 177 g/mol. The van der Waals surface area contributed by atoms with E-state index in [0.29, 0.717) is 0 Å². The minimum atomic E-state index is 0.845. The molecule has 0 atom stereocenters. The van der Waals surface area contributed by atoms with Crippen molar-refractivity contribution in [1.82, 2.24) is 0 Å². The molecule has 1 aromatic carbocycles. The van der Waals surface area contributed by atoms with Gasteiger partial charge in [0.1, 0.15) is 0 Å². The van der Waals surface area contributed by atoms with Crippen molar-refractivity contribution in [2.75, 3.05) is 5.73 Å². The van der Waals surface area contributed by atoms with Crippen LogP contribution in [0.2, 0.25) is 0 Å². The van der Waals surface area contributed by atoms with Gasteiger partial charge in [-0.15, -0.1) is 0 Å².